The summed E-state index contributed by atoms with van der Waals surface area (Å²) in [4.78, 5) is 15.1. The van der Waals surface area contributed by atoms with E-state index < -0.39 is 0 Å². The molecule has 1 aliphatic rings. The molecule has 0 fully saturated rings. The minimum absolute atomic E-state index is 0.0398. The van der Waals surface area contributed by atoms with Gasteiger partial charge in [0, 0.05) is 17.7 Å². The maximum atomic E-state index is 13.1. The van der Waals surface area contributed by atoms with Gasteiger partial charge in [-0.1, -0.05) is 75.4 Å². The van der Waals surface area contributed by atoms with Gasteiger partial charge in [-0.3, -0.25) is 9.89 Å². The summed E-state index contributed by atoms with van der Waals surface area (Å²) in [5.74, 6) is 0.432. The summed E-state index contributed by atoms with van der Waals surface area (Å²) < 4.78 is 0. The largest absolute Gasteiger partial charge is 0.326 e. The highest BCUT2D eigenvalue weighted by Crippen LogP contribution is 2.43. The molecule has 4 nitrogen and oxygen atoms in total. The average molecular weight is 359 g/mol. The number of hydrogen-bond acceptors (Lipinski definition) is 2. The molecular formula is C23H25N3O. The third kappa shape index (κ3) is 3.05. The Morgan fingerprint density at radius 2 is 1.78 bits per heavy atom. The number of hydrogen-bond donors (Lipinski definition) is 1. The molecule has 1 aliphatic heterocycles. The van der Waals surface area contributed by atoms with E-state index in [2.05, 4.69) is 55.2 Å². The first-order chi connectivity index (χ1) is 13.1. The van der Waals surface area contributed by atoms with Crippen molar-refractivity contribution in [3.63, 3.8) is 0 Å². The minimum Gasteiger partial charge on any atom is -0.326 e. The van der Waals surface area contributed by atoms with E-state index in [4.69, 9.17) is 0 Å². The molecule has 0 saturated heterocycles. The van der Waals surface area contributed by atoms with Gasteiger partial charge in [0.1, 0.15) is 5.69 Å². The lowest BCUT2D eigenvalue weighted by Crippen LogP contribution is -2.32. The zero-order valence-electron chi connectivity index (χ0n) is 16.1. The molecule has 4 rings (SSSR count). The molecule has 0 aliphatic carbocycles. The second kappa shape index (κ2) is 7.03. The molecule has 1 amide bonds. The van der Waals surface area contributed by atoms with Crippen molar-refractivity contribution in [3.8, 4) is 11.3 Å². The first-order valence-corrected chi connectivity index (χ1v) is 9.63. The predicted molar refractivity (Wildman–Crippen MR) is 108 cm³/mol. The van der Waals surface area contributed by atoms with Crippen molar-refractivity contribution in [2.75, 3.05) is 6.54 Å². The maximum absolute atomic E-state index is 13.1. The van der Waals surface area contributed by atoms with Gasteiger partial charge in [0.25, 0.3) is 5.91 Å². The molecule has 1 aromatic heterocycles. The third-order valence-electron chi connectivity index (χ3n) is 5.18. The van der Waals surface area contributed by atoms with Crippen molar-refractivity contribution in [1.29, 1.82) is 0 Å². The molecule has 2 aromatic carbocycles. The summed E-state index contributed by atoms with van der Waals surface area (Å²) in [6.07, 6.45) is 1.01. The number of aryl methyl sites for hydroxylation is 1. The van der Waals surface area contributed by atoms with Crippen LogP contribution < -0.4 is 0 Å². The topological polar surface area (TPSA) is 49.0 Å². The van der Waals surface area contributed by atoms with Crippen LogP contribution in [-0.2, 0) is 6.42 Å². The number of carbonyl (C=O) groups is 1. The van der Waals surface area contributed by atoms with Crippen LogP contribution in [0.2, 0.25) is 0 Å². The van der Waals surface area contributed by atoms with Crippen LogP contribution in [0, 0.1) is 5.92 Å². The fourth-order valence-corrected chi connectivity index (χ4v) is 3.88. The van der Waals surface area contributed by atoms with Gasteiger partial charge in [-0.25, -0.2) is 0 Å². The van der Waals surface area contributed by atoms with Crippen molar-refractivity contribution < 1.29 is 4.79 Å². The molecule has 0 spiro atoms. The number of aromatic amines is 1. The van der Waals surface area contributed by atoms with Crippen molar-refractivity contribution in [2.45, 2.75) is 33.2 Å². The lowest BCUT2D eigenvalue weighted by atomic mass is 9.95. The van der Waals surface area contributed by atoms with Crippen LogP contribution in [0.1, 0.15) is 54.0 Å². The van der Waals surface area contributed by atoms with E-state index in [1.165, 1.54) is 5.56 Å². The van der Waals surface area contributed by atoms with Crippen LogP contribution in [0.25, 0.3) is 11.3 Å². The number of amides is 1. The zero-order valence-corrected chi connectivity index (χ0v) is 16.1. The monoisotopic (exact) mass is 359 g/mol. The summed E-state index contributed by atoms with van der Waals surface area (Å²) in [6, 6.07) is 18.6. The second-order valence-electron chi connectivity index (χ2n) is 7.58. The first-order valence-electron chi connectivity index (χ1n) is 9.63. The number of aromatic nitrogens is 2. The molecule has 0 bridgehead atoms. The number of rotatable bonds is 5. The number of benzene rings is 2. The number of carbonyl (C=O) groups excluding carboxylic acids is 1. The molecule has 1 atom stereocenters. The number of nitrogens with one attached hydrogen (secondary N) is 1. The molecule has 138 valence electrons. The third-order valence-corrected chi connectivity index (χ3v) is 5.18. The SMILES string of the molecule is CCc1ccc(C2c3c(-c4ccccc4)n[nH]c3C(=O)N2CC(C)C)cc1. The fraction of sp³-hybridized carbons (Fsp3) is 0.304. The quantitative estimate of drug-likeness (QED) is 0.708. The molecule has 1 unspecified atom stereocenters. The van der Waals surface area contributed by atoms with Gasteiger partial charge in [0.05, 0.1) is 11.7 Å². The zero-order chi connectivity index (χ0) is 19.0. The van der Waals surface area contributed by atoms with E-state index in [1.54, 1.807) is 0 Å². The lowest BCUT2D eigenvalue weighted by molar-refractivity contribution is 0.0722. The highest BCUT2D eigenvalue weighted by Gasteiger charge is 2.42. The van der Waals surface area contributed by atoms with Gasteiger partial charge in [-0.2, -0.15) is 5.10 Å². The minimum atomic E-state index is -0.102. The Hall–Kier alpha value is -2.88. The smallest absolute Gasteiger partial charge is 0.273 e. The molecule has 27 heavy (non-hydrogen) atoms. The van der Waals surface area contributed by atoms with Gasteiger partial charge in [-0.05, 0) is 23.5 Å². The normalized spacial score (nSPS) is 16.2. The first kappa shape index (κ1) is 17.5. The van der Waals surface area contributed by atoms with E-state index in [0.29, 0.717) is 11.6 Å². The Balaban J connectivity index is 1.86. The van der Waals surface area contributed by atoms with E-state index in [-0.39, 0.29) is 11.9 Å². The van der Waals surface area contributed by atoms with Crippen molar-refractivity contribution in [2.24, 2.45) is 5.92 Å². The molecule has 4 heteroatoms. The molecule has 1 N–H and O–H groups in total. The van der Waals surface area contributed by atoms with Crippen molar-refractivity contribution in [1.82, 2.24) is 15.1 Å². The summed E-state index contributed by atoms with van der Waals surface area (Å²) in [5, 5.41) is 7.53. The van der Waals surface area contributed by atoms with E-state index in [0.717, 1.165) is 35.3 Å². The Labute approximate surface area is 160 Å². The Kier molecular flexibility index (Phi) is 4.56. The van der Waals surface area contributed by atoms with Crippen LogP contribution in [0.3, 0.4) is 0 Å². The fourth-order valence-electron chi connectivity index (χ4n) is 3.88. The highest BCUT2D eigenvalue weighted by atomic mass is 16.2. The van der Waals surface area contributed by atoms with Gasteiger partial charge in [0.15, 0.2) is 0 Å². The van der Waals surface area contributed by atoms with Crippen LogP contribution >= 0.6 is 0 Å². The van der Waals surface area contributed by atoms with Crippen molar-refractivity contribution >= 4 is 5.91 Å². The van der Waals surface area contributed by atoms with Gasteiger partial charge < -0.3 is 4.90 Å². The van der Waals surface area contributed by atoms with E-state index in [1.807, 2.05) is 35.2 Å². The van der Waals surface area contributed by atoms with E-state index >= 15 is 0 Å². The van der Waals surface area contributed by atoms with Crippen LogP contribution in [-0.4, -0.2) is 27.5 Å². The Bertz CT molecular complexity index is 942. The van der Waals surface area contributed by atoms with Gasteiger partial charge in [-0.15, -0.1) is 0 Å². The van der Waals surface area contributed by atoms with Crippen LogP contribution in [0.5, 0.6) is 0 Å². The molecule has 3 aromatic rings. The second-order valence-corrected chi connectivity index (χ2v) is 7.58. The summed E-state index contributed by atoms with van der Waals surface area (Å²) in [5.41, 5.74) is 5.96. The Morgan fingerprint density at radius 1 is 1.07 bits per heavy atom. The summed E-state index contributed by atoms with van der Waals surface area (Å²) >= 11 is 0. The van der Waals surface area contributed by atoms with Crippen LogP contribution in [0.15, 0.2) is 54.6 Å². The molecule has 2 heterocycles. The highest BCUT2D eigenvalue weighted by molar-refractivity contribution is 6.00. The maximum Gasteiger partial charge on any atom is 0.273 e. The number of fused-ring (bicyclic) bond motifs is 1. The van der Waals surface area contributed by atoms with E-state index in [9.17, 15) is 4.79 Å². The molecule has 0 radical (unpaired) electrons. The van der Waals surface area contributed by atoms with Gasteiger partial charge >= 0.3 is 0 Å². The van der Waals surface area contributed by atoms with Gasteiger partial charge in [0.2, 0.25) is 0 Å². The lowest BCUT2D eigenvalue weighted by Gasteiger charge is -2.28. The molecule has 0 saturated carbocycles. The molecular weight excluding hydrogens is 334 g/mol. The predicted octanol–water partition coefficient (Wildman–Crippen LogP) is 4.84. The standard InChI is InChI=1S/C23H25N3O/c1-4-16-10-12-18(13-11-16)22-19-20(17-8-6-5-7-9-17)24-25-21(19)23(27)26(22)14-15(2)3/h5-13,15,22H,4,14H2,1-3H3,(H,24,25). The van der Waals surface area contributed by atoms with Crippen molar-refractivity contribution in [3.05, 3.63) is 77.0 Å². The van der Waals surface area contributed by atoms with Crippen LogP contribution in [0.4, 0.5) is 0 Å². The Morgan fingerprint density at radius 3 is 2.41 bits per heavy atom. The summed E-state index contributed by atoms with van der Waals surface area (Å²) in [7, 11) is 0. The number of nitrogens with zero attached hydrogens (tertiary/aromatic N) is 2. The summed E-state index contributed by atoms with van der Waals surface area (Å²) in [6.45, 7) is 7.16. The average Bonchev–Trinajstić information content (AvgIpc) is 3.22. The number of H-pyrrole nitrogens is 1.